The van der Waals surface area contributed by atoms with Crippen LogP contribution in [0.25, 0.3) is 0 Å². The molecule has 0 aromatic heterocycles. The van der Waals surface area contributed by atoms with Gasteiger partial charge in [0.05, 0.1) is 0 Å². The normalized spacial score (nSPS) is 56.5. The molecular formula is C10H19P. The minimum absolute atomic E-state index is 0.641. The Labute approximate surface area is 72.3 Å². The van der Waals surface area contributed by atoms with Crippen molar-refractivity contribution in [3.05, 3.63) is 0 Å². The molecule has 0 radical (unpaired) electrons. The lowest BCUT2D eigenvalue weighted by Gasteiger charge is -2.35. The van der Waals surface area contributed by atoms with Crippen LogP contribution in [0.4, 0.5) is 0 Å². The summed E-state index contributed by atoms with van der Waals surface area (Å²) in [6.45, 7) is 4.87. The molecule has 64 valence electrons. The topological polar surface area (TPSA) is 0 Å². The second-order valence-electron chi connectivity index (χ2n) is 4.86. The van der Waals surface area contributed by atoms with Crippen molar-refractivity contribution in [2.45, 2.75) is 44.7 Å². The maximum absolute atomic E-state index is 3.15. The van der Waals surface area contributed by atoms with Crippen LogP contribution in [0.15, 0.2) is 0 Å². The van der Waals surface area contributed by atoms with Gasteiger partial charge in [0, 0.05) is 0 Å². The van der Waals surface area contributed by atoms with Crippen molar-refractivity contribution in [3.63, 3.8) is 0 Å². The Morgan fingerprint density at radius 1 is 1.18 bits per heavy atom. The first-order valence-electron chi connectivity index (χ1n) is 4.91. The second kappa shape index (κ2) is 2.46. The van der Waals surface area contributed by atoms with Gasteiger partial charge in [-0.05, 0) is 48.6 Å². The molecule has 0 amide bonds. The van der Waals surface area contributed by atoms with Gasteiger partial charge in [0.15, 0.2) is 0 Å². The van der Waals surface area contributed by atoms with Gasteiger partial charge in [0.1, 0.15) is 0 Å². The first-order chi connectivity index (χ1) is 5.12. The molecule has 2 bridgehead atoms. The molecular weight excluding hydrogens is 151 g/mol. The summed E-state index contributed by atoms with van der Waals surface area (Å²) < 4.78 is 0. The van der Waals surface area contributed by atoms with Gasteiger partial charge >= 0.3 is 0 Å². The molecule has 0 N–H and O–H groups in total. The fraction of sp³-hybridized carbons (Fsp3) is 1.00. The summed E-state index contributed by atoms with van der Waals surface area (Å²) in [5.74, 6) is 3.01. The summed E-state index contributed by atoms with van der Waals surface area (Å²) in [5.41, 5.74) is 0. The van der Waals surface area contributed by atoms with Crippen molar-refractivity contribution in [2.24, 2.45) is 17.8 Å². The van der Waals surface area contributed by atoms with Crippen LogP contribution in [0.3, 0.4) is 0 Å². The third kappa shape index (κ3) is 1.15. The molecule has 1 heteroatoms. The average Bonchev–Trinajstić information content (AvgIpc) is 2.18. The van der Waals surface area contributed by atoms with Gasteiger partial charge in [-0.1, -0.05) is 13.8 Å². The van der Waals surface area contributed by atoms with Crippen molar-refractivity contribution in [1.29, 1.82) is 0 Å². The van der Waals surface area contributed by atoms with E-state index in [2.05, 4.69) is 23.1 Å². The predicted molar refractivity (Wildman–Crippen MR) is 52.7 cm³/mol. The smallest absolute Gasteiger partial charge is 0.0119 e. The molecule has 5 unspecified atom stereocenters. The Morgan fingerprint density at radius 3 is 2.55 bits per heavy atom. The highest BCUT2D eigenvalue weighted by molar-refractivity contribution is 7.19. The van der Waals surface area contributed by atoms with Gasteiger partial charge in [0.25, 0.3) is 0 Å². The molecule has 0 nitrogen and oxygen atoms in total. The maximum Gasteiger partial charge on any atom is -0.0119 e. The Bertz CT molecular complexity index is 160. The van der Waals surface area contributed by atoms with Crippen molar-refractivity contribution >= 4 is 9.24 Å². The molecule has 0 aromatic carbocycles. The molecule has 2 rings (SSSR count). The zero-order valence-corrected chi connectivity index (χ0v) is 8.79. The highest BCUT2D eigenvalue weighted by Gasteiger charge is 2.46. The average molecular weight is 170 g/mol. The molecule has 0 aromatic rings. The van der Waals surface area contributed by atoms with Gasteiger partial charge in [-0.3, -0.25) is 0 Å². The molecule has 0 aliphatic heterocycles. The molecule has 0 heterocycles. The van der Waals surface area contributed by atoms with E-state index in [9.17, 15) is 0 Å². The minimum atomic E-state index is 0.641. The Balaban J connectivity index is 2.20. The molecule has 2 aliphatic carbocycles. The van der Waals surface area contributed by atoms with E-state index < -0.39 is 0 Å². The SMILES string of the molecule is CC1CC2(P)CC1CCC2C. The lowest BCUT2D eigenvalue weighted by Crippen LogP contribution is -2.29. The fourth-order valence-corrected chi connectivity index (χ4v) is 3.92. The van der Waals surface area contributed by atoms with E-state index >= 15 is 0 Å². The third-order valence-electron chi connectivity index (χ3n) is 4.10. The first kappa shape index (κ1) is 8.05. The Kier molecular flexibility index (Phi) is 1.80. The van der Waals surface area contributed by atoms with E-state index in [0.717, 1.165) is 17.8 Å². The van der Waals surface area contributed by atoms with Gasteiger partial charge in [-0.2, -0.15) is 0 Å². The predicted octanol–water partition coefficient (Wildman–Crippen LogP) is 3.08. The van der Waals surface area contributed by atoms with E-state index in [1.165, 1.54) is 25.7 Å². The lowest BCUT2D eigenvalue weighted by atomic mass is 9.80. The number of hydrogen-bond donors (Lipinski definition) is 0. The largest absolute Gasteiger partial charge is 0.131 e. The first-order valence-corrected chi connectivity index (χ1v) is 5.48. The van der Waals surface area contributed by atoms with E-state index in [4.69, 9.17) is 0 Å². The molecule has 2 aliphatic rings. The molecule has 11 heavy (non-hydrogen) atoms. The Morgan fingerprint density at radius 2 is 1.91 bits per heavy atom. The molecule has 2 fully saturated rings. The van der Waals surface area contributed by atoms with Crippen molar-refractivity contribution in [1.82, 2.24) is 0 Å². The van der Waals surface area contributed by atoms with Crippen LogP contribution in [0, 0.1) is 17.8 Å². The van der Waals surface area contributed by atoms with E-state index in [1.54, 1.807) is 0 Å². The van der Waals surface area contributed by atoms with E-state index in [1.807, 2.05) is 0 Å². The van der Waals surface area contributed by atoms with E-state index in [-0.39, 0.29) is 0 Å². The van der Waals surface area contributed by atoms with Crippen LogP contribution in [-0.2, 0) is 0 Å². The quantitative estimate of drug-likeness (QED) is 0.490. The van der Waals surface area contributed by atoms with Crippen LogP contribution in [0.2, 0.25) is 0 Å². The molecule has 2 saturated carbocycles. The molecule has 5 atom stereocenters. The third-order valence-corrected chi connectivity index (χ3v) is 5.14. The summed E-state index contributed by atoms with van der Waals surface area (Å²) in [6, 6.07) is 0. The van der Waals surface area contributed by atoms with Crippen LogP contribution >= 0.6 is 9.24 Å². The minimum Gasteiger partial charge on any atom is -0.131 e. The summed E-state index contributed by atoms with van der Waals surface area (Å²) in [7, 11) is 3.15. The van der Waals surface area contributed by atoms with Crippen molar-refractivity contribution in [3.8, 4) is 0 Å². The highest BCUT2D eigenvalue weighted by atomic mass is 31.0. The standard InChI is InChI=1S/C10H19P/c1-7-5-10(11)6-9(7)4-3-8(10)2/h7-9H,3-6,11H2,1-2H3. The zero-order valence-electron chi connectivity index (χ0n) is 7.64. The number of fused-ring (bicyclic) bond motifs is 2. The van der Waals surface area contributed by atoms with E-state index in [0.29, 0.717) is 5.16 Å². The van der Waals surface area contributed by atoms with Gasteiger partial charge in [-0.15, -0.1) is 9.24 Å². The van der Waals surface area contributed by atoms with Crippen LogP contribution in [0.1, 0.15) is 39.5 Å². The second-order valence-corrected chi connectivity index (χ2v) is 6.01. The molecule has 0 spiro atoms. The fourth-order valence-electron chi connectivity index (χ4n) is 3.08. The van der Waals surface area contributed by atoms with Gasteiger partial charge in [-0.25, -0.2) is 0 Å². The van der Waals surface area contributed by atoms with Gasteiger partial charge < -0.3 is 0 Å². The number of hydrogen-bond acceptors (Lipinski definition) is 0. The van der Waals surface area contributed by atoms with Crippen molar-refractivity contribution in [2.75, 3.05) is 0 Å². The highest BCUT2D eigenvalue weighted by Crippen LogP contribution is 2.55. The zero-order chi connectivity index (χ0) is 8.06. The molecule has 0 saturated heterocycles. The van der Waals surface area contributed by atoms with Crippen LogP contribution in [0.5, 0.6) is 0 Å². The van der Waals surface area contributed by atoms with Crippen LogP contribution in [-0.4, -0.2) is 5.16 Å². The van der Waals surface area contributed by atoms with Gasteiger partial charge in [0.2, 0.25) is 0 Å². The number of rotatable bonds is 0. The summed E-state index contributed by atoms with van der Waals surface area (Å²) >= 11 is 0. The summed E-state index contributed by atoms with van der Waals surface area (Å²) in [4.78, 5) is 0. The summed E-state index contributed by atoms with van der Waals surface area (Å²) in [6.07, 6.45) is 5.92. The Hall–Kier alpha value is 0.430. The van der Waals surface area contributed by atoms with Crippen LogP contribution < -0.4 is 0 Å². The maximum atomic E-state index is 3.15. The lowest BCUT2D eigenvalue weighted by molar-refractivity contribution is 0.284. The van der Waals surface area contributed by atoms with Crippen molar-refractivity contribution < 1.29 is 0 Å². The summed E-state index contributed by atoms with van der Waals surface area (Å²) in [5, 5.41) is 0.641. The monoisotopic (exact) mass is 170 g/mol.